The van der Waals surface area contributed by atoms with Gasteiger partial charge in [0.15, 0.2) is 6.61 Å². The summed E-state index contributed by atoms with van der Waals surface area (Å²) in [5.41, 5.74) is 0.238. The van der Waals surface area contributed by atoms with Gasteiger partial charge in [-0.15, -0.1) is 0 Å². The zero-order valence-corrected chi connectivity index (χ0v) is 15.2. The molecule has 0 radical (unpaired) electrons. The standard InChI is InChI=1S/C15H18BrClO5/c1-15(2,3)22-12(18)8-21-13-10(7-16)9(14(19)20-4)5-6-11(13)17/h5-6H,7-8H2,1-4H3. The molecule has 0 aliphatic rings. The number of halogens is 2. The van der Waals surface area contributed by atoms with Crippen molar-refractivity contribution in [2.45, 2.75) is 31.7 Å². The van der Waals surface area contributed by atoms with Crippen LogP contribution in [0.5, 0.6) is 5.75 Å². The molecule has 0 saturated heterocycles. The number of methoxy groups -OCH3 is 1. The van der Waals surface area contributed by atoms with Crippen LogP contribution in [-0.4, -0.2) is 31.3 Å². The van der Waals surface area contributed by atoms with Gasteiger partial charge in [0.1, 0.15) is 11.4 Å². The summed E-state index contributed by atoms with van der Waals surface area (Å²) in [6, 6.07) is 3.06. The Labute approximate surface area is 143 Å². The van der Waals surface area contributed by atoms with E-state index in [-0.39, 0.29) is 12.4 Å². The number of benzene rings is 1. The van der Waals surface area contributed by atoms with E-state index in [1.165, 1.54) is 13.2 Å². The van der Waals surface area contributed by atoms with Crippen molar-refractivity contribution in [3.63, 3.8) is 0 Å². The summed E-state index contributed by atoms with van der Waals surface area (Å²) in [4.78, 5) is 23.5. The minimum Gasteiger partial charge on any atom is -0.480 e. The van der Waals surface area contributed by atoms with Gasteiger partial charge in [-0.05, 0) is 32.9 Å². The van der Waals surface area contributed by atoms with Gasteiger partial charge in [0, 0.05) is 10.9 Å². The summed E-state index contributed by atoms with van der Waals surface area (Å²) in [6.07, 6.45) is 0. The molecule has 0 heterocycles. The van der Waals surface area contributed by atoms with Gasteiger partial charge < -0.3 is 14.2 Å². The van der Waals surface area contributed by atoms with Gasteiger partial charge in [-0.1, -0.05) is 27.5 Å². The lowest BCUT2D eigenvalue weighted by Crippen LogP contribution is -2.27. The molecule has 0 aromatic heterocycles. The molecule has 0 bridgehead atoms. The van der Waals surface area contributed by atoms with Crippen LogP contribution in [0, 0.1) is 0 Å². The van der Waals surface area contributed by atoms with Crippen LogP contribution in [0.2, 0.25) is 5.02 Å². The molecule has 0 amide bonds. The van der Waals surface area contributed by atoms with E-state index in [9.17, 15) is 9.59 Å². The highest BCUT2D eigenvalue weighted by atomic mass is 79.9. The van der Waals surface area contributed by atoms with Crippen molar-refractivity contribution in [3.8, 4) is 5.75 Å². The van der Waals surface area contributed by atoms with Crippen LogP contribution < -0.4 is 4.74 Å². The van der Waals surface area contributed by atoms with Crippen molar-refractivity contribution in [2.24, 2.45) is 0 Å². The van der Waals surface area contributed by atoms with E-state index in [1.807, 2.05) is 0 Å². The molecule has 22 heavy (non-hydrogen) atoms. The summed E-state index contributed by atoms with van der Waals surface area (Å²) in [7, 11) is 1.29. The molecule has 0 fully saturated rings. The minimum atomic E-state index is -0.601. The third-order valence-electron chi connectivity index (χ3n) is 2.51. The third-order valence-corrected chi connectivity index (χ3v) is 3.36. The van der Waals surface area contributed by atoms with Gasteiger partial charge >= 0.3 is 11.9 Å². The fourth-order valence-electron chi connectivity index (χ4n) is 1.69. The van der Waals surface area contributed by atoms with Gasteiger partial charge in [-0.2, -0.15) is 0 Å². The molecule has 0 atom stereocenters. The summed E-state index contributed by atoms with van der Waals surface area (Å²) < 4.78 is 15.3. The SMILES string of the molecule is COC(=O)c1ccc(Cl)c(OCC(=O)OC(C)(C)C)c1CBr. The van der Waals surface area contributed by atoms with Crippen molar-refractivity contribution >= 4 is 39.5 Å². The van der Waals surface area contributed by atoms with Crippen LogP contribution in [0.15, 0.2) is 12.1 Å². The lowest BCUT2D eigenvalue weighted by atomic mass is 10.1. The maximum Gasteiger partial charge on any atom is 0.344 e. The Kier molecular flexibility index (Phi) is 6.68. The topological polar surface area (TPSA) is 61.8 Å². The predicted molar refractivity (Wildman–Crippen MR) is 86.8 cm³/mol. The number of hydrogen-bond acceptors (Lipinski definition) is 5. The fourth-order valence-corrected chi connectivity index (χ4v) is 2.48. The number of carbonyl (C=O) groups excluding carboxylic acids is 2. The van der Waals surface area contributed by atoms with Gasteiger partial charge in [-0.3, -0.25) is 0 Å². The lowest BCUT2D eigenvalue weighted by molar-refractivity contribution is -0.157. The molecular weight excluding hydrogens is 376 g/mol. The first-order valence-electron chi connectivity index (χ1n) is 6.50. The van der Waals surface area contributed by atoms with Crippen molar-refractivity contribution in [1.82, 2.24) is 0 Å². The Bertz CT molecular complexity index is 566. The Hall–Kier alpha value is -1.27. The van der Waals surface area contributed by atoms with Crippen molar-refractivity contribution in [2.75, 3.05) is 13.7 Å². The molecule has 0 N–H and O–H groups in total. The molecular formula is C15H18BrClO5. The summed E-state index contributed by atoms with van der Waals surface area (Å²) >= 11 is 9.38. The second-order valence-corrected chi connectivity index (χ2v) is 6.37. The van der Waals surface area contributed by atoms with E-state index in [2.05, 4.69) is 15.9 Å². The maximum absolute atomic E-state index is 11.7. The first-order chi connectivity index (χ1) is 10.2. The zero-order chi connectivity index (χ0) is 16.9. The molecule has 1 aromatic carbocycles. The van der Waals surface area contributed by atoms with Gasteiger partial charge in [0.05, 0.1) is 17.7 Å². The number of rotatable bonds is 5. The first kappa shape index (κ1) is 18.8. The zero-order valence-electron chi connectivity index (χ0n) is 12.9. The first-order valence-corrected chi connectivity index (χ1v) is 8.00. The maximum atomic E-state index is 11.7. The van der Waals surface area contributed by atoms with E-state index in [0.717, 1.165) is 0 Å². The van der Waals surface area contributed by atoms with Crippen LogP contribution in [0.4, 0.5) is 0 Å². The van der Waals surface area contributed by atoms with E-state index in [0.29, 0.717) is 21.5 Å². The van der Waals surface area contributed by atoms with Crippen LogP contribution in [0.25, 0.3) is 0 Å². The highest BCUT2D eigenvalue weighted by molar-refractivity contribution is 9.08. The van der Waals surface area contributed by atoms with E-state index < -0.39 is 17.5 Å². The molecule has 5 nitrogen and oxygen atoms in total. The minimum absolute atomic E-state index is 0.257. The van der Waals surface area contributed by atoms with E-state index in [1.54, 1.807) is 26.8 Å². The lowest BCUT2D eigenvalue weighted by Gasteiger charge is -2.20. The Morgan fingerprint density at radius 1 is 1.27 bits per heavy atom. The van der Waals surface area contributed by atoms with Crippen molar-refractivity contribution in [1.29, 1.82) is 0 Å². The van der Waals surface area contributed by atoms with Crippen LogP contribution in [-0.2, 0) is 19.6 Å². The van der Waals surface area contributed by atoms with Crippen LogP contribution >= 0.6 is 27.5 Å². The number of carbonyl (C=O) groups is 2. The number of alkyl halides is 1. The van der Waals surface area contributed by atoms with Crippen molar-refractivity contribution < 1.29 is 23.8 Å². The Morgan fingerprint density at radius 3 is 2.41 bits per heavy atom. The highest BCUT2D eigenvalue weighted by Gasteiger charge is 2.21. The van der Waals surface area contributed by atoms with E-state index in [4.69, 9.17) is 25.8 Å². The van der Waals surface area contributed by atoms with Gasteiger partial charge in [-0.25, -0.2) is 9.59 Å². The Balaban J connectivity index is 2.99. The number of hydrogen-bond donors (Lipinski definition) is 0. The van der Waals surface area contributed by atoms with Crippen LogP contribution in [0.1, 0.15) is 36.7 Å². The fraction of sp³-hybridized carbons (Fsp3) is 0.467. The predicted octanol–water partition coefficient (Wildman–Crippen LogP) is 3.74. The normalized spacial score (nSPS) is 11.0. The van der Waals surface area contributed by atoms with Crippen LogP contribution in [0.3, 0.4) is 0 Å². The Morgan fingerprint density at radius 2 is 1.91 bits per heavy atom. The molecule has 7 heteroatoms. The summed E-state index contributed by atoms with van der Waals surface area (Å²) in [6.45, 7) is 4.99. The molecule has 0 spiro atoms. The quantitative estimate of drug-likeness (QED) is 0.563. The van der Waals surface area contributed by atoms with Gasteiger partial charge in [0.25, 0.3) is 0 Å². The molecule has 1 aromatic rings. The monoisotopic (exact) mass is 392 g/mol. The number of esters is 2. The smallest absolute Gasteiger partial charge is 0.344 e. The second-order valence-electron chi connectivity index (χ2n) is 5.40. The second kappa shape index (κ2) is 7.83. The molecule has 0 saturated carbocycles. The van der Waals surface area contributed by atoms with E-state index >= 15 is 0 Å². The molecule has 122 valence electrons. The largest absolute Gasteiger partial charge is 0.480 e. The molecule has 0 aliphatic heterocycles. The average Bonchev–Trinajstić information content (AvgIpc) is 2.42. The summed E-state index contributed by atoms with van der Waals surface area (Å²) in [5.74, 6) is -0.770. The highest BCUT2D eigenvalue weighted by Crippen LogP contribution is 2.33. The molecule has 0 aliphatic carbocycles. The van der Waals surface area contributed by atoms with Crippen molar-refractivity contribution in [3.05, 3.63) is 28.3 Å². The molecule has 0 unspecified atom stereocenters. The average molecular weight is 394 g/mol. The van der Waals surface area contributed by atoms with Gasteiger partial charge in [0.2, 0.25) is 0 Å². The third kappa shape index (κ3) is 5.18. The number of ether oxygens (including phenoxy) is 3. The molecule has 1 rings (SSSR count). The summed E-state index contributed by atoms with van der Waals surface area (Å²) in [5, 5.41) is 0.618.